The van der Waals surface area contributed by atoms with Gasteiger partial charge >= 0.3 is 0 Å². The van der Waals surface area contributed by atoms with Gasteiger partial charge in [-0.05, 0) is 14.1 Å². The quantitative estimate of drug-likeness (QED) is 0.681. The molecule has 0 aliphatic rings. The number of amides is 1. The third-order valence-corrected chi connectivity index (χ3v) is 1.49. The van der Waals surface area contributed by atoms with Gasteiger partial charge in [0.2, 0.25) is 5.91 Å². The highest BCUT2D eigenvalue weighted by atomic mass is 35.5. The molecule has 1 amide bonds. The normalized spacial score (nSPS) is 11.2. The summed E-state index contributed by atoms with van der Waals surface area (Å²) in [5.41, 5.74) is 5.63. The lowest BCUT2D eigenvalue weighted by molar-refractivity contribution is -0.120. The molecule has 0 aromatic rings. The number of rotatable bonds is 4. The first-order valence-electron chi connectivity index (χ1n) is 3.76. The van der Waals surface area contributed by atoms with E-state index in [1.807, 2.05) is 25.9 Å². The SMILES string of the molecule is CCC(=O)NC[C@@H](N)N(C)C.Cl.Cl. The van der Waals surface area contributed by atoms with Crippen molar-refractivity contribution >= 4 is 30.7 Å². The molecule has 0 aliphatic heterocycles. The minimum atomic E-state index is -0.0921. The Bertz CT molecular complexity index is 133. The number of nitrogens with one attached hydrogen (secondary N) is 1. The fourth-order valence-corrected chi connectivity index (χ4v) is 0.526. The van der Waals surface area contributed by atoms with Crippen molar-refractivity contribution < 1.29 is 4.79 Å². The Balaban J connectivity index is -0.000000500. The van der Waals surface area contributed by atoms with Crippen LogP contribution in [0, 0.1) is 0 Å². The molecule has 13 heavy (non-hydrogen) atoms. The highest BCUT2D eigenvalue weighted by Gasteiger charge is 2.04. The van der Waals surface area contributed by atoms with E-state index in [4.69, 9.17) is 5.73 Å². The molecule has 0 unspecified atom stereocenters. The molecule has 82 valence electrons. The van der Waals surface area contributed by atoms with Crippen LogP contribution in [0.1, 0.15) is 13.3 Å². The van der Waals surface area contributed by atoms with E-state index in [2.05, 4.69) is 5.32 Å². The number of likely N-dealkylation sites (N-methyl/N-ethyl adjacent to an activating group) is 1. The van der Waals surface area contributed by atoms with Gasteiger partial charge in [0, 0.05) is 13.0 Å². The smallest absolute Gasteiger partial charge is 0.219 e. The summed E-state index contributed by atoms with van der Waals surface area (Å²) < 4.78 is 0. The maximum atomic E-state index is 10.8. The zero-order chi connectivity index (χ0) is 8.85. The zero-order valence-electron chi connectivity index (χ0n) is 8.24. The van der Waals surface area contributed by atoms with Crippen molar-refractivity contribution in [1.82, 2.24) is 10.2 Å². The molecule has 6 heteroatoms. The third-order valence-electron chi connectivity index (χ3n) is 1.49. The number of carbonyl (C=O) groups is 1. The summed E-state index contributed by atoms with van der Waals surface area (Å²) in [5.74, 6) is 0.0438. The molecule has 0 aliphatic carbocycles. The van der Waals surface area contributed by atoms with Gasteiger partial charge in [0.15, 0.2) is 0 Å². The van der Waals surface area contributed by atoms with Crippen molar-refractivity contribution in [2.75, 3.05) is 20.6 Å². The van der Waals surface area contributed by atoms with Crippen LogP contribution in [0.2, 0.25) is 0 Å². The van der Waals surface area contributed by atoms with Gasteiger partial charge in [-0.2, -0.15) is 0 Å². The molecule has 0 spiro atoms. The molecule has 0 heterocycles. The molecular formula is C7H19Cl2N3O. The number of halogens is 2. The van der Waals surface area contributed by atoms with Crippen molar-refractivity contribution in [3.05, 3.63) is 0 Å². The minimum absolute atomic E-state index is 0. The van der Waals surface area contributed by atoms with Crippen LogP contribution in [-0.2, 0) is 4.79 Å². The van der Waals surface area contributed by atoms with E-state index in [9.17, 15) is 4.79 Å². The van der Waals surface area contributed by atoms with E-state index >= 15 is 0 Å². The predicted molar refractivity (Wildman–Crippen MR) is 59.5 cm³/mol. The first kappa shape index (κ1) is 18.7. The second-order valence-corrected chi connectivity index (χ2v) is 2.69. The second kappa shape index (κ2) is 10.1. The summed E-state index contributed by atoms with van der Waals surface area (Å²) in [4.78, 5) is 12.6. The predicted octanol–water partition coefficient (Wildman–Crippen LogP) is 0.203. The molecule has 0 aromatic heterocycles. The van der Waals surface area contributed by atoms with Gasteiger partial charge in [0.05, 0.1) is 6.17 Å². The monoisotopic (exact) mass is 231 g/mol. The number of hydrogen-bond donors (Lipinski definition) is 2. The maximum absolute atomic E-state index is 10.8. The molecular weight excluding hydrogens is 213 g/mol. The first-order chi connectivity index (χ1) is 5.07. The third kappa shape index (κ3) is 9.89. The van der Waals surface area contributed by atoms with Crippen molar-refractivity contribution in [2.45, 2.75) is 19.5 Å². The number of hydrogen-bond acceptors (Lipinski definition) is 3. The first-order valence-corrected chi connectivity index (χ1v) is 3.76. The Morgan fingerprint density at radius 3 is 2.23 bits per heavy atom. The molecule has 0 fully saturated rings. The van der Waals surface area contributed by atoms with Crippen LogP contribution >= 0.6 is 24.8 Å². The van der Waals surface area contributed by atoms with E-state index in [0.717, 1.165) is 0 Å². The number of nitrogens with two attached hydrogens (primary N) is 1. The van der Waals surface area contributed by atoms with Gasteiger partial charge < -0.3 is 11.1 Å². The molecule has 0 bridgehead atoms. The topological polar surface area (TPSA) is 58.4 Å². The Morgan fingerprint density at radius 2 is 1.92 bits per heavy atom. The molecule has 0 radical (unpaired) electrons. The van der Waals surface area contributed by atoms with Crippen LogP contribution < -0.4 is 11.1 Å². The van der Waals surface area contributed by atoms with Gasteiger partial charge in [0.25, 0.3) is 0 Å². The van der Waals surface area contributed by atoms with Gasteiger partial charge in [-0.15, -0.1) is 24.8 Å². The van der Waals surface area contributed by atoms with Crippen LogP contribution in [0.5, 0.6) is 0 Å². The number of nitrogens with zero attached hydrogens (tertiary/aromatic N) is 1. The maximum Gasteiger partial charge on any atom is 0.219 e. The van der Waals surface area contributed by atoms with Crippen LogP contribution in [0.3, 0.4) is 0 Å². The Kier molecular flexibility index (Phi) is 14.5. The average molecular weight is 232 g/mol. The highest BCUT2D eigenvalue weighted by molar-refractivity contribution is 5.85. The second-order valence-electron chi connectivity index (χ2n) is 2.69. The Hall–Kier alpha value is -0.0300. The van der Waals surface area contributed by atoms with Crippen LogP contribution in [-0.4, -0.2) is 37.6 Å². The van der Waals surface area contributed by atoms with Gasteiger partial charge in [-0.25, -0.2) is 0 Å². The van der Waals surface area contributed by atoms with E-state index in [0.29, 0.717) is 13.0 Å². The summed E-state index contributed by atoms with van der Waals surface area (Å²) >= 11 is 0. The molecule has 0 saturated carbocycles. The molecule has 4 nitrogen and oxygen atoms in total. The van der Waals surface area contributed by atoms with Crippen LogP contribution in [0.25, 0.3) is 0 Å². The lowest BCUT2D eigenvalue weighted by Crippen LogP contribution is -2.45. The largest absolute Gasteiger partial charge is 0.353 e. The highest BCUT2D eigenvalue weighted by Crippen LogP contribution is 1.81. The minimum Gasteiger partial charge on any atom is -0.353 e. The fraction of sp³-hybridized carbons (Fsp3) is 0.857. The molecule has 0 saturated heterocycles. The van der Waals surface area contributed by atoms with Crippen LogP contribution in [0.4, 0.5) is 0 Å². The van der Waals surface area contributed by atoms with E-state index in [1.54, 1.807) is 0 Å². The summed E-state index contributed by atoms with van der Waals surface area (Å²) in [6, 6.07) is 0. The van der Waals surface area contributed by atoms with E-state index in [1.165, 1.54) is 0 Å². The van der Waals surface area contributed by atoms with Crippen molar-refractivity contribution in [3.63, 3.8) is 0 Å². The van der Waals surface area contributed by atoms with Gasteiger partial charge in [-0.3, -0.25) is 9.69 Å². The summed E-state index contributed by atoms with van der Waals surface area (Å²) in [5, 5.41) is 2.71. The van der Waals surface area contributed by atoms with Crippen molar-refractivity contribution in [1.29, 1.82) is 0 Å². The summed E-state index contributed by atoms with van der Waals surface area (Å²) in [7, 11) is 3.76. The van der Waals surface area contributed by atoms with E-state index in [-0.39, 0.29) is 36.9 Å². The Morgan fingerprint density at radius 1 is 1.46 bits per heavy atom. The molecule has 1 atom stereocenters. The molecule has 3 N–H and O–H groups in total. The standard InChI is InChI=1S/C7H17N3O.2ClH/c1-4-7(11)9-5-6(8)10(2)3;;/h6H,4-5,8H2,1-3H3,(H,9,11);2*1H/t6-;;/m0../s1. The zero-order valence-corrected chi connectivity index (χ0v) is 9.87. The average Bonchev–Trinajstić information content (AvgIpc) is 1.99. The van der Waals surface area contributed by atoms with Crippen molar-refractivity contribution in [2.24, 2.45) is 5.73 Å². The van der Waals surface area contributed by atoms with Gasteiger partial charge in [-0.1, -0.05) is 6.92 Å². The molecule has 0 rings (SSSR count). The summed E-state index contributed by atoms with van der Waals surface area (Å²) in [6.45, 7) is 2.33. The fourth-order valence-electron chi connectivity index (χ4n) is 0.526. The van der Waals surface area contributed by atoms with E-state index < -0.39 is 0 Å². The van der Waals surface area contributed by atoms with Crippen LogP contribution in [0.15, 0.2) is 0 Å². The van der Waals surface area contributed by atoms with Crippen molar-refractivity contribution in [3.8, 4) is 0 Å². The Labute approximate surface area is 92.0 Å². The molecule has 0 aromatic carbocycles. The lowest BCUT2D eigenvalue weighted by atomic mass is 10.4. The number of carbonyl (C=O) groups excluding carboxylic acids is 1. The lowest BCUT2D eigenvalue weighted by Gasteiger charge is -2.19. The summed E-state index contributed by atoms with van der Waals surface area (Å²) in [6.07, 6.45) is 0.422. The van der Waals surface area contributed by atoms with Gasteiger partial charge in [0.1, 0.15) is 0 Å².